The molecule has 1 aliphatic rings. The lowest BCUT2D eigenvalue weighted by atomic mass is 10.2. The Kier molecular flexibility index (Phi) is 5.78. The number of carbonyl (C=O) groups excluding carboxylic acids is 2. The zero-order chi connectivity index (χ0) is 18.5. The first-order valence-corrected chi connectivity index (χ1v) is 9.07. The van der Waals surface area contributed by atoms with Gasteiger partial charge in [0.1, 0.15) is 6.04 Å². The third kappa shape index (κ3) is 4.35. The molecule has 2 aromatic rings. The van der Waals surface area contributed by atoms with Crippen molar-refractivity contribution in [3.05, 3.63) is 65.2 Å². The lowest BCUT2D eigenvalue weighted by Gasteiger charge is -2.37. The zero-order valence-electron chi connectivity index (χ0n) is 14.7. The van der Waals surface area contributed by atoms with E-state index in [1.165, 1.54) is 5.69 Å². The molecule has 1 N–H and O–H groups in total. The monoisotopic (exact) mass is 371 g/mol. The third-order valence-corrected chi connectivity index (χ3v) is 4.75. The fraction of sp³-hybridized carbons (Fsp3) is 0.300. The molecule has 0 radical (unpaired) electrons. The van der Waals surface area contributed by atoms with Gasteiger partial charge in [-0.3, -0.25) is 9.59 Å². The number of halogens is 1. The van der Waals surface area contributed by atoms with Crippen LogP contribution in [0.5, 0.6) is 0 Å². The van der Waals surface area contributed by atoms with Gasteiger partial charge in [-0.2, -0.15) is 0 Å². The number of hydrogen-bond acceptors (Lipinski definition) is 3. The van der Waals surface area contributed by atoms with Crippen LogP contribution in [-0.4, -0.2) is 48.9 Å². The van der Waals surface area contributed by atoms with E-state index in [1.54, 1.807) is 31.2 Å². The van der Waals surface area contributed by atoms with Crippen LogP contribution >= 0.6 is 11.6 Å². The van der Waals surface area contributed by atoms with E-state index in [9.17, 15) is 9.59 Å². The predicted molar refractivity (Wildman–Crippen MR) is 104 cm³/mol. The molecule has 3 rings (SSSR count). The van der Waals surface area contributed by atoms with Crippen LogP contribution in [0.1, 0.15) is 17.3 Å². The Balaban J connectivity index is 1.54. The number of para-hydroxylation sites is 1. The maximum atomic E-state index is 12.6. The van der Waals surface area contributed by atoms with Gasteiger partial charge in [-0.15, -0.1) is 0 Å². The van der Waals surface area contributed by atoms with Crippen molar-refractivity contribution in [3.63, 3.8) is 0 Å². The van der Waals surface area contributed by atoms with Crippen LogP contribution in [0.2, 0.25) is 5.02 Å². The van der Waals surface area contributed by atoms with Gasteiger partial charge in [0.05, 0.1) is 0 Å². The summed E-state index contributed by atoms with van der Waals surface area (Å²) in [5.41, 5.74) is 1.62. The molecule has 0 saturated carbocycles. The highest BCUT2D eigenvalue weighted by atomic mass is 35.5. The molecule has 0 aromatic heterocycles. The summed E-state index contributed by atoms with van der Waals surface area (Å²) in [6, 6.07) is 16.3. The topological polar surface area (TPSA) is 52.7 Å². The molecule has 2 amide bonds. The molecule has 26 heavy (non-hydrogen) atoms. The summed E-state index contributed by atoms with van der Waals surface area (Å²) >= 11 is 5.91. The first kappa shape index (κ1) is 18.3. The Morgan fingerprint density at radius 1 is 1.00 bits per heavy atom. The number of amides is 2. The van der Waals surface area contributed by atoms with Crippen molar-refractivity contribution < 1.29 is 9.59 Å². The molecule has 6 heteroatoms. The highest BCUT2D eigenvalue weighted by molar-refractivity contribution is 6.31. The number of benzene rings is 2. The van der Waals surface area contributed by atoms with Crippen molar-refractivity contribution >= 4 is 29.1 Å². The average molecular weight is 372 g/mol. The summed E-state index contributed by atoms with van der Waals surface area (Å²) in [4.78, 5) is 29.0. The molecule has 5 nitrogen and oxygen atoms in total. The second kappa shape index (κ2) is 8.23. The molecule has 1 saturated heterocycles. The van der Waals surface area contributed by atoms with Gasteiger partial charge >= 0.3 is 0 Å². The van der Waals surface area contributed by atoms with E-state index in [1.807, 2.05) is 23.1 Å². The molecule has 2 aromatic carbocycles. The van der Waals surface area contributed by atoms with Gasteiger partial charge in [-0.25, -0.2) is 0 Å². The molecule has 0 unspecified atom stereocenters. The molecule has 0 aliphatic carbocycles. The Bertz CT molecular complexity index is 774. The van der Waals surface area contributed by atoms with Crippen molar-refractivity contribution in [2.75, 3.05) is 31.1 Å². The standard InChI is InChI=1S/C20H22ClN3O2/c1-15(22-19(25)16-6-5-7-17(21)14-16)20(26)24-12-10-23(11-13-24)18-8-3-2-4-9-18/h2-9,14-15H,10-13H2,1H3,(H,22,25)/t15-/m1/s1. The van der Waals surface area contributed by atoms with Crippen LogP contribution in [0, 0.1) is 0 Å². The summed E-state index contributed by atoms with van der Waals surface area (Å²) in [5, 5.41) is 3.26. The number of carbonyl (C=O) groups is 2. The summed E-state index contributed by atoms with van der Waals surface area (Å²) in [7, 11) is 0. The largest absolute Gasteiger partial charge is 0.368 e. The van der Waals surface area contributed by atoms with Gasteiger partial charge in [0.25, 0.3) is 5.91 Å². The molecule has 1 atom stereocenters. The fourth-order valence-electron chi connectivity index (χ4n) is 3.07. The summed E-state index contributed by atoms with van der Waals surface area (Å²) in [6.07, 6.45) is 0. The number of nitrogens with zero attached hydrogens (tertiary/aromatic N) is 2. The minimum atomic E-state index is -0.579. The van der Waals surface area contributed by atoms with E-state index in [0.29, 0.717) is 23.7 Å². The van der Waals surface area contributed by atoms with Crippen LogP contribution in [-0.2, 0) is 4.79 Å². The third-order valence-electron chi connectivity index (χ3n) is 4.52. The predicted octanol–water partition coefficient (Wildman–Crippen LogP) is 2.81. The smallest absolute Gasteiger partial charge is 0.251 e. The fourth-order valence-corrected chi connectivity index (χ4v) is 3.26. The minimum Gasteiger partial charge on any atom is -0.368 e. The number of rotatable bonds is 4. The van der Waals surface area contributed by atoms with Crippen molar-refractivity contribution in [2.45, 2.75) is 13.0 Å². The lowest BCUT2D eigenvalue weighted by molar-refractivity contribution is -0.133. The Morgan fingerprint density at radius 3 is 2.35 bits per heavy atom. The van der Waals surface area contributed by atoms with Gasteiger partial charge in [0.15, 0.2) is 0 Å². The molecule has 1 heterocycles. The number of anilines is 1. The van der Waals surface area contributed by atoms with Crippen LogP contribution in [0.3, 0.4) is 0 Å². The second-order valence-electron chi connectivity index (χ2n) is 6.35. The highest BCUT2D eigenvalue weighted by Gasteiger charge is 2.26. The van der Waals surface area contributed by atoms with Crippen molar-refractivity contribution in [1.82, 2.24) is 10.2 Å². The normalized spacial score (nSPS) is 15.5. The first-order valence-electron chi connectivity index (χ1n) is 8.70. The average Bonchev–Trinajstić information content (AvgIpc) is 2.68. The zero-order valence-corrected chi connectivity index (χ0v) is 15.4. The van der Waals surface area contributed by atoms with Crippen LogP contribution in [0.4, 0.5) is 5.69 Å². The number of nitrogens with one attached hydrogen (secondary N) is 1. The van der Waals surface area contributed by atoms with Crippen LogP contribution in [0.25, 0.3) is 0 Å². The second-order valence-corrected chi connectivity index (χ2v) is 6.79. The van der Waals surface area contributed by atoms with E-state index in [-0.39, 0.29) is 11.8 Å². The summed E-state index contributed by atoms with van der Waals surface area (Å²) < 4.78 is 0. The van der Waals surface area contributed by atoms with E-state index < -0.39 is 6.04 Å². The van der Waals surface area contributed by atoms with Gasteiger partial charge < -0.3 is 15.1 Å². The van der Waals surface area contributed by atoms with Gasteiger partial charge in [0, 0.05) is 42.5 Å². The minimum absolute atomic E-state index is 0.0620. The maximum absolute atomic E-state index is 12.6. The molecular formula is C20H22ClN3O2. The molecule has 136 valence electrons. The molecule has 1 aliphatic heterocycles. The van der Waals surface area contributed by atoms with E-state index >= 15 is 0 Å². The maximum Gasteiger partial charge on any atom is 0.251 e. The van der Waals surface area contributed by atoms with E-state index in [0.717, 1.165) is 13.1 Å². The summed E-state index contributed by atoms with van der Waals surface area (Å²) in [6.45, 7) is 4.57. The SMILES string of the molecule is C[C@@H](NC(=O)c1cccc(Cl)c1)C(=O)N1CCN(c2ccccc2)CC1. The van der Waals surface area contributed by atoms with Crippen molar-refractivity contribution in [3.8, 4) is 0 Å². The van der Waals surface area contributed by atoms with E-state index in [4.69, 9.17) is 11.6 Å². The Morgan fingerprint density at radius 2 is 1.69 bits per heavy atom. The molecule has 0 bridgehead atoms. The van der Waals surface area contributed by atoms with Crippen LogP contribution < -0.4 is 10.2 Å². The van der Waals surface area contributed by atoms with Crippen molar-refractivity contribution in [1.29, 1.82) is 0 Å². The van der Waals surface area contributed by atoms with Gasteiger partial charge in [-0.05, 0) is 37.3 Å². The lowest BCUT2D eigenvalue weighted by Crippen LogP contribution is -2.54. The molecule has 0 spiro atoms. The Hall–Kier alpha value is -2.53. The molecular weight excluding hydrogens is 350 g/mol. The number of piperazine rings is 1. The van der Waals surface area contributed by atoms with Crippen molar-refractivity contribution in [2.24, 2.45) is 0 Å². The Labute approximate surface area is 158 Å². The van der Waals surface area contributed by atoms with E-state index in [2.05, 4.69) is 22.3 Å². The van der Waals surface area contributed by atoms with Crippen LogP contribution in [0.15, 0.2) is 54.6 Å². The molecule has 1 fully saturated rings. The quantitative estimate of drug-likeness (QED) is 0.899. The number of hydrogen-bond donors (Lipinski definition) is 1. The highest BCUT2D eigenvalue weighted by Crippen LogP contribution is 2.16. The van der Waals surface area contributed by atoms with Gasteiger partial charge in [0.2, 0.25) is 5.91 Å². The summed E-state index contributed by atoms with van der Waals surface area (Å²) in [5.74, 6) is -0.357. The van der Waals surface area contributed by atoms with Gasteiger partial charge in [-0.1, -0.05) is 35.9 Å². The first-order chi connectivity index (χ1) is 12.5.